The van der Waals surface area contributed by atoms with Gasteiger partial charge in [0.2, 0.25) is 12.2 Å². The van der Waals surface area contributed by atoms with Crippen LogP contribution in [0.25, 0.3) is 0 Å². The van der Waals surface area contributed by atoms with Crippen molar-refractivity contribution >= 4 is 17.8 Å². The lowest BCUT2D eigenvalue weighted by Crippen LogP contribution is -2.42. The molecule has 0 saturated carbocycles. The fraction of sp³-hybridized carbons (Fsp3) is 0.800. The van der Waals surface area contributed by atoms with E-state index in [2.05, 4.69) is 9.68 Å². The van der Waals surface area contributed by atoms with Gasteiger partial charge in [-0.3, -0.25) is 9.59 Å². The minimum Gasteiger partial charge on any atom is -0.425 e. The molecule has 2 atom stereocenters. The minimum atomic E-state index is -1.20. The molecule has 1 fully saturated rings. The van der Waals surface area contributed by atoms with Crippen molar-refractivity contribution in [2.45, 2.75) is 57.8 Å². The van der Waals surface area contributed by atoms with Gasteiger partial charge in [-0.1, -0.05) is 0 Å². The van der Waals surface area contributed by atoms with E-state index in [0.717, 1.165) is 0 Å². The second-order valence-electron chi connectivity index (χ2n) is 6.06. The first-order valence-electron chi connectivity index (χ1n) is 8.94. The fourth-order valence-electron chi connectivity index (χ4n) is 2.68. The molecule has 1 amide bonds. The molecule has 0 aromatic carbocycles. The molecule has 0 aromatic heterocycles. The minimum absolute atomic E-state index is 0.0195. The smallest absolute Gasteiger partial charge is 0.331 e. The highest BCUT2D eigenvalue weighted by Gasteiger charge is 2.35. The number of carbonyl (C=O) groups excluding carboxylic acids is 3. The number of nitrogens with zero attached hydrogens (tertiary/aromatic N) is 3. The molecule has 164 valence electrons. The van der Waals surface area contributed by atoms with Gasteiger partial charge >= 0.3 is 11.9 Å². The van der Waals surface area contributed by atoms with Crippen LogP contribution in [0.4, 0.5) is 0 Å². The molecular formula is C15H23N3O11. The highest BCUT2D eigenvalue weighted by molar-refractivity contribution is 5.85. The Morgan fingerprint density at radius 2 is 1.62 bits per heavy atom. The van der Waals surface area contributed by atoms with Crippen molar-refractivity contribution in [2.24, 2.45) is 0 Å². The van der Waals surface area contributed by atoms with Crippen LogP contribution in [0.15, 0.2) is 0 Å². The average molecular weight is 421 g/mol. The Morgan fingerprint density at radius 1 is 1.03 bits per heavy atom. The molecule has 2 unspecified atom stereocenters. The highest BCUT2D eigenvalue weighted by Crippen LogP contribution is 2.20. The number of ether oxygens (including phenoxy) is 2. The van der Waals surface area contributed by atoms with Crippen molar-refractivity contribution in [3.63, 3.8) is 0 Å². The molecule has 0 bridgehead atoms. The lowest BCUT2D eigenvalue weighted by atomic mass is 10.2. The Bertz CT molecular complexity index is 612. The molecule has 1 aliphatic heterocycles. The number of hydrogen-bond acceptors (Lipinski definition) is 11. The second kappa shape index (κ2) is 12.3. The number of carbonyl (C=O) groups is 3. The number of rotatable bonds is 13. The van der Waals surface area contributed by atoms with Crippen molar-refractivity contribution in [3.8, 4) is 0 Å². The monoisotopic (exact) mass is 421 g/mol. The summed E-state index contributed by atoms with van der Waals surface area (Å²) >= 11 is 0. The number of amides is 1. The zero-order chi connectivity index (χ0) is 21.8. The predicted octanol–water partition coefficient (Wildman–Crippen LogP) is 0.387. The standard InChI is InChI=1S/C15H23N3O11/c1-11(28-14(20)7-4-10-27-18(24)25)29-15(21)12-5-2-8-16(12)13(19)6-3-9-26-17(22)23/h11-12H,2-10H2,1H3. The van der Waals surface area contributed by atoms with Gasteiger partial charge in [0.15, 0.2) is 0 Å². The molecular weight excluding hydrogens is 398 g/mol. The number of likely N-dealkylation sites (tertiary alicyclic amines) is 1. The molecule has 14 nitrogen and oxygen atoms in total. The summed E-state index contributed by atoms with van der Waals surface area (Å²) in [6.45, 7) is 1.20. The van der Waals surface area contributed by atoms with Crippen LogP contribution in [0.2, 0.25) is 0 Å². The van der Waals surface area contributed by atoms with Crippen molar-refractivity contribution in [3.05, 3.63) is 20.2 Å². The van der Waals surface area contributed by atoms with Gasteiger partial charge in [0.1, 0.15) is 6.04 Å². The summed E-state index contributed by atoms with van der Waals surface area (Å²) in [6, 6.07) is -0.825. The van der Waals surface area contributed by atoms with E-state index in [1.807, 2.05) is 0 Å². The summed E-state index contributed by atoms with van der Waals surface area (Å²) in [6.07, 6.45) is -0.212. The van der Waals surface area contributed by atoms with Crippen LogP contribution in [0.3, 0.4) is 0 Å². The first-order valence-corrected chi connectivity index (χ1v) is 8.94. The lowest BCUT2D eigenvalue weighted by molar-refractivity contribution is -0.757. The third-order valence-corrected chi connectivity index (χ3v) is 3.88. The molecule has 0 aromatic rings. The topological polar surface area (TPSA) is 178 Å². The Labute approximate surface area is 165 Å². The van der Waals surface area contributed by atoms with Crippen molar-refractivity contribution in [1.29, 1.82) is 0 Å². The van der Waals surface area contributed by atoms with E-state index in [1.54, 1.807) is 0 Å². The highest BCUT2D eigenvalue weighted by atomic mass is 17.0. The molecule has 1 aliphatic rings. The quantitative estimate of drug-likeness (QED) is 0.132. The zero-order valence-corrected chi connectivity index (χ0v) is 15.9. The third kappa shape index (κ3) is 9.53. The Kier molecular flexibility index (Phi) is 10.1. The van der Waals surface area contributed by atoms with E-state index in [4.69, 9.17) is 9.47 Å². The van der Waals surface area contributed by atoms with E-state index in [0.29, 0.717) is 19.4 Å². The maximum Gasteiger partial charge on any atom is 0.331 e. The molecule has 0 N–H and O–H groups in total. The van der Waals surface area contributed by atoms with Crippen LogP contribution in [-0.4, -0.2) is 65.0 Å². The maximum absolute atomic E-state index is 12.3. The first kappa shape index (κ1) is 23.8. The first-order chi connectivity index (χ1) is 13.7. The summed E-state index contributed by atoms with van der Waals surface area (Å²) in [5, 5.41) is 18.2. The van der Waals surface area contributed by atoms with Crippen molar-refractivity contribution in [2.75, 3.05) is 19.8 Å². The largest absolute Gasteiger partial charge is 0.425 e. The molecule has 29 heavy (non-hydrogen) atoms. The number of hydrogen-bond donors (Lipinski definition) is 0. The molecule has 0 radical (unpaired) electrons. The van der Waals surface area contributed by atoms with Crippen LogP contribution in [0.1, 0.15) is 45.4 Å². The van der Waals surface area contributed by atoms with Gasteiger partial charge < -0.3 is 24.0 Å². The lowest BCUT2D eigenvalue weighted by Gasteiger charge is -2.24. The van der Waals surface area contributed by atoms with Gasteiger partial charge in [-0.2, -0.15) is 0 Å². The van der Waals surface area contributed by atoms with Crippen LogP contribution in [0, 0.1) is 20.2 Å². The van der Waals surface area contributed by atoms with Crippen molar-refractivity contribution in [1.82, 2.24) is 4.90 Å². The number of esters is 2. The fourth-order valence-corrected chi connectivity index (χ4v) is 2.68. The molecule has 1 saturated heterocycles. The van der Waals surface area contributed by atoms with Crippen LogP contribution in [0.5, 0.6) is 0 Å². The van der Waals surface area contributed by atoms with Crippen LogP contribution >= 0.6 is 0 Å². The van der Waals surface area contributed by atoms with E-state index in [9.17, 15) is 34.6 Å². The van der Waals surface area contributed by atoms with Gasteiger partial charge in [0.25, 0.3) is 10.2 Å². The molecule has 0 aliphatic carbocycles. The second-order valence-corrected chi connectivity index (χ2v) is 6.06. The summed E-state index contributed by atoms with van der Waals surface area (Å²) in [4.78, 5) is 65.7. The van der Waals surface area contributed by atoms with Gasteiger partial charge in [-0.25, -0.2) is 4.79 Å². The molecule has 14 heteroatoms. The van der Waals surface area contributed by atoms with Gasteiger partial charge in [-0.15, -0.1) is 20.2 Å². The normalized spacial score (nSPS) is 16.6. The zero-order valence-electron chi connectivity index (χ0n) is 15.9. The van der Waals surface area contributed by atoms with E-state index in [-0.39, 0.29) is 44.8 Å². The van der Waals surface area contributed by atoms with Crippen molar-refractivity contribution < 1.29 is 43.7 Å². The Hall–Kier alpha value is -3.19. The van der Waals surface area contributed by atoms with Crippen LogP contribution in [-0.2, 0) is 33.5 Å². The summed E-state index contributed by atoms with van der Waals surface area (Å²) < 4.78 is 9.95. The van der Waals surface area contributed by atoms with E-state index < -0.39 is 34.4 Å². The SMILES string of the molecule is CC(OC(=O)CCCO[N+](=O)[O-])OC(=O)C1CCCN1C(=O)CCCO[N+](=O)[O-]. The van der Waals surface area contributed by atoms with Gasteiger partial charge in [0.05, 0.1) is 13.2 Å². The summed E-state index contributed by atoms with van der Waals surface area (Å²) in [7, 11) is 0. The summed E-state index contributed by atoms with van der Waals surface area (Å²) in [5.74, 6) is -1.80. The van der Waals surface area contributed by atoms with E-state index >= 15 is 0 Å². The van der Waals surface area contributed by atoms with Gasteiger partial charge in [-0.05, 0) is 25.7 Å². The van der Waals surface area contributed by atoms with Gasteiger partial charge in [0, 0.05) is 26.3 Å². The molecule has 1 heterocycles. The van der Waals surface area contributed by atoms with Crippen LogP contribution < -0.4 is 0 Å². The van der Waals surface area contributed by atoms with E-state index in [1.165, 1.54) is 11.8 Å². The Balaban J connectivity index is 2.37. The predicted molar refractivity (Wildman–Crippen MR) is 90.7 cm³/mol. The molecule has 0 spiro atoms. The molecule has 1 rings (SSSR count). The third-order valence-electron chi connectivity index (χ3n) is 3.88. The Morgan fingerprint density at radius 3 is 2.21 bits per heavy atom. The summed E-state index contributed by atoms with van der Waals surface area (Å²) in [5.41, 5.74) is 0. The maximum atomic E-state index is 12.3. The average Bonchev–Trinajstić information content (AvgIpc) is 3.11.